The number of carbonyl (C=O) groups excluding carboxylic acids is 1. The Kier molecular flexibility index (Phi) is 6.25. The summed E-state index contributed by atoms with van der Waals surface area (Å²) in [6, 6.07) is 11.9. The summed E-state index contributed by atoms with van der Waals surface area (Å²) in [6.07, 6.45) is 1.30. The van der Waals surface area contributed by atoms with Gasteiger partial charge in [-0.1, -0.05) is 24.3 Å². The van der Waals surface area contributed by atoms with E-state index in [0.717, 1.165) is 22.1 Å². The fraction of sp³-hybridized carbons (Fsp3) is 0.476. The van der Waals surface area contributed by atoms with Crippen LogP contribution in [0, 0.1) is 0 Å². The molecule has 0 aliphatic carbocycles. The number of ether oxygens (including phenoxy) is 1. The summed E-state index contributed by atoms with van der Waals surface area (Å²) in [5.41, 5.74) is 0.959. The Bertz CT molecular complexity index is 950. The second-order valence-corrected chi connectivity index (χ2v) is 9.53. The number of rotatable bonds is 6. The molecule has 0 bridgehead atoms. The van der Waals surface area contributed by atoms with Crippen LogP contribution in [-0.2, 0) is 14.8 Å². The van der Waals surface area contributed by atoms with E-state index < -0.39 is 10.0 Å². The molecule has 1 heterocycles. The van der Waals surface area contributed by atoms with Crippen LogP contribution in [0.4, 0.5) is 0 Å². The minimum absolute atomic E-state index is 0.0166. The molecule has 6 nitrogen and oxygen atoms in total. The van der Waals surface area contributed by atoms with Crippen LogP contribution in [0.2, 0.25) is 0 Å². The number of nitrogens with zero attached hydrogens (tertiary/aromatic N) is 1. The smallest absolute Gasteiger partial charge is 0.227 e. The molecule has 1 amide bonds. The van der Waals surface area contributed by atoms with E-state index in [9.17, 15) is 13.2 Å². The molecule has 2 aromatic rings. The number of sulfonamides is 1. The van der Waals surface area contributed by atoms with Crippen molar-refractivity contribution in [3.8, 4) is 5.75 Å². The first kappa shape index (κ1) is 20.6. The van der Waals surface area contributed by atoms with Crippen molar-refractivity contribution in [1.82, 2.24) is 9.62 Å². The van der Waals surface area contributed by atoms with Crippen molar-refractivity contribution in [3.05, 3.63) is 42.0 Å². The molecule has 1 N–H and O–H groups in total. The average Bonchev–Trinajstić information content (AvgIpc) is 2.72. The van der Waals surface area contributed by atoms with Gasteiger partial charge >= 0.3 is 0 Å². The van der Waals surface area contributed by atoms with E-state index in [1.807, 2.05) is 43.3 Å². The maximum Gasteiger partial charge on any atom is 0.227 e. The Balaban J connectivity index is 1.63. The number of hydrogen-bond donors (Lipinski definition) is 1. The van der Waals surface area contributed by atoms with Crippen LogP contribution in [0.3, 0.4) is 0 Å². The van der Waals surface area contributed by atoms with Crippen molar-refractivity contribution < 1.29 is 17.9 Å². The molecule has 0 saturated carbocycles. The quantitative estimate of drug-likeness (QED) is 0.803. The van der Waals surface area contributed by atoms with Gasteiger partial charge in [0, 0.05) is 19.1 Å². The highest BCUT2D eigenvalue weighted by molar-refractivity contribution is 7.89. The standard InChI is InChI=1S/C21H28N2O4S/c1-4-28(25,26)23-11-9-19(10-12-23)22-21(24)15(2)16-5-6-18-14-20(27-3)8-7-17(18)13-16/h5-8,13-15,19H,4,9-12H2,1-3H3,(H,22,24)/t15-/m0/s1. The van der Waals surface area contributed by atoms with Crippen molar-refractivity contribution in [2.45, 2.75) is 38.6 Å². The fourth-order valence-electron chi connectivity index (χ4n) is 3.58. The van der Waals surface area contributed by atoms with Crippen molar-refractivity contribution >= 4 is 26.7 Å². The summed E-state index contributed by atoms with van der Waals surface area (Å²) in [5, 5.41) is 5.23. The van der Waals surface area contributed by atoms with Crippen molar-refractivity contribution in [1.29, 1.82) is 0 Å². The second kappa shape index (κ2) is 8.49. The lowest BCUT2D eigenvalue weighted by molar-refractivity contribution is -0.123. The monoisotopic (exact) mass is 404 g/mol. The van der Waals surface area contributed by atoms with Gasteiger partial charge in [-0.3, -0.25) is 4.79 Å². The lowest BCUT2D eigenvalue weighted by atomic mass is 9.96. The molecule has 0 aromatic heterocycles. The van der Waals surface area contributed by atoms with Gasteiger partial charge in [-0.25, -0.2) is 12.7 Å². The molecule has 1 aliphatic heterocycles. The van der Waals surface area contributed by atoms with E-state index in [4.69, 9.17) is 4.74 Å². The maximum atomic E-state index is 12.7. The third kappa shape index (κ3) is 4.47. The molecule has 152 valence electrons. The van der Waals surface area contributed by atoms with E-state index in [-0.39, 0.29) is 23.6 Å². The topological polar surface area (TPSA) is 75.7 Å². The highest BCUT2D eigenvalue weighted by Crippen LogP contribution is 2.25. The van der Waals surface area contributed by atoms with Gasteiger partial charge in [0.1, 0.15) is 5.75 Å². The third-order valence-electron chi connectivity index (χ3n) is 5.52. The number of benzene rings is 2. The predicted octanol–water partition coefficient (Wildman–Crippen LogP) is 2.88. The lowest BCUT2D eigenvalue weighted by Gasteiger charge is -2.32. The zero-order valence-corrected chi connectivity index (χ0v) is 17.5. The molecular formula is C21H28N2O4S. The van der Waals surface area contributed by atoms with Gasteiger partial charge in [0.25, 0.3) is 0 Å². The number of hydrogen-bond acceptors (Lipinski definition) is 4. The SMILES string of the molecule is CCS(=O)(=O)N1CCC(NC(=O)[C@@H](C)c2ccc3cc(OC)ccc3c2)CC1. The van der Waals surface area contributed by atoms with Crippen LogP contribution in [0.5, 0.6) is 5.75 Å². The Morgan fingerprint density at radius 1 is 1.18 bits per heavy atom. The largest absolute Gasteiger partial charge is 0.497 e. The van der Waals surface area contributed by atoms with Gasteiger partial charge in [0.05, 0.1) is 18.8 Å². The number of fused-ring (bicyclic) bond motifs is 1. The molecule has 1 saturated heterocycles. The Morgan fingerprint density at radius 2 is 1.82 bits per heavy atom. The first-order valence-corrected chi connectivity index (χ1v) is 11.3. The summed E-state index contributed by atoms with van der Waals surface area (Å²) in [7, 11) is -1.50. The van der Waals surface area contributed by atoms with Crippen LogP contribution in [0.15, 0.2) is 36.4 Å². The molecule has 0 spiro atoms. The van der Waals surface area contributed by atoms with Crippen LogP contribution in [-0.4, -0.2) is 50.6 Å². The molecule has 28 heavy (non-hydrogen) atoms. The van der Waals surface area contributed by atoms with Crippen LogP contribution >= 0.6 is 0 Å². The highest BCUT2D eigenvalue weighted by Gasteiger charge is 2.28. The molecule has 2 aromatic carbocycles. The van der Waals surface area contributed by atoms with Gasteiger partial charge in [0.2, 0.25) is 15.9 Å². The molecule has 0 unspecified atom stereocenters. The molecule has 1 fully saturated rings. The van der Waals surface area contributed by atoms with Crippen LogP contribution in [0.25, 0.3) is 10.8 Å². The number of amides is 1. The van der Waals surface area contributed by atoms with Gasteiger partial charge < -0.3 is 10.1 Å². The average molecular weight is 405 g/mol. The third-order valence-corrected chi connectivity index (χ3v) is 7.40. The van der Waals surface area contributed by atoms with Crippen molar-refractivity contribution in [3.63, 3.8) is 0 Å². The van der Waals surface area contributed by atoms with Gasteiger partial charge in [0.15, 0.2) is 0 Å². The van der Waals surface area contributed by atoms with Crippen molar-refractivity contribution in [2.75, 3.05) is 26.0 Å². The zero-order valence-electron chi connectivity index (χ0n) is 16.6. The first-order valence-electron chi connectivity index (χ1n) is 9.70. The number of methoxy groups -OCH3 is 1. The minimum Gasteiger partial charge on any atom is -0.497 e. The van der Waals surface area contributed by atoms with E-state index in [1.165, 1.54) is 4.31 Å². The van der Waals surface area contributed by atoms with Gasteiger partial charge in [-0.05, 0) is 55.2 Å². The Hall–Kier alpha value is -2.12. The summed E-state index contributed by atoms with van der Waals surface area (Å²) in [4.78, 5) is 12.7. The number of nitrogens with one attached hydrogen (secondary N) is 1. The molecule has 7 heteroatoms. The summed E-state index contributed by atoms with van der Waals surface area (Å²) < 4.78 is 30.7. The minimum atomic E-state index is -3.15. The maximum absolute atomic E-state index is 12.7. The Labute approximate surface area is 166 Å². The normalized spacial score (nSPS) is 17.4. The number of carbonyl (C=O) groups is 1. The van der Waals surface area contributed by atoms with Crippen molar-refractivity contribution in [2.24, 2.45) is 0 Å². The highest BCUT2D eigenvalue weighted by atomic mass is 32.2. The second-order valence-electron chi connectivity index (χ2n) is 7.28. The summed E-state index contributed by atoms with van der Waals surface area (Å²) >= 11 is 0. The van der Waals surface area contributed by atoms with Crippen LogP contribution in [0.1, 0.15) is 38.2 Å². The predicted molar refractivity (Wildman–Crippen MR) is 111 cm³/mol. The van der Waals surface area contributed by atoms with E-state index >= 15 is 0 Å². The first-order chi connectivity index (χ1) is 13.3. The number of piperidine rings is 1. The van der Waals surface area contributed by atoms with Crippen LogP contribution < -0.4 is 10.1 Å². The molecule has 3 rings (SSSR count). The summed E-state index contributed by atoms with van der Waals surface area (Å²) in [6.45, 7) is 4.49. The van der Waals surface area contributed by atoms with Gasteiger partial charge in [-0.2, -0.15) is 0 Å². The van der Waals surface area contributed by atoms with Gasteiger partial charge in [-0.15, -0.1) is 0 Å². The lowest BCUT2D eigenvalue weighted by Crippen LogP contribution is -2.47. The van der Waals surface area contributed by atoms with E-state index in [2.05, 4.69) is 5.32 Å². The fourth-order valence-corrected chi connectivity index (χ4v) is 4.71. The molecule has 0 radical (unpaired) electrons. The van der Waals surface area contributed by atoms with E-state index in [1.54, 1.807) is 14.0 Å². The zero-order chi connectivity index (χ0) is 20.3. The molecular weight excluding hydrogens is 376 g/mol. The Morgan fingerprint density at radius 3 is 2.46 bits per heavy atom. The van der Waals surface area contributed by atoms with E-state index in [0.29, 0.717) is 25.9 Å². The molecule has 1 atom stereocenters. The summed E-state index contributed by atoms with van der Waals surface area (Å²) in [5.74, 6) is 0.630. The molecule has 1 aliphatic rings.